The Balaban J connectivity index is 1.83. The molecule has 2 rings (SSSR count). The van der Waals surface area contributed by atoms with Gasteiger partial charge in [-0.15, -0.1) is 0 Å². The van der Waals surface area contributed by atoms with Crippen LogP contribution in [0.5, 0.6) is 0 Å². The Morgan fingerprint density at radius 2 is 1.26 bits per heavy atom. The van der Waals surface area contributed by atoms with Crippen LogP contribution in [0, 0.1) is 0 Å². The van der Waals surface area contributed by atoms with Crippen LogP contribution in [0.15, 0.2) is 0 Å². The number of carbonyl (C=O) groups is 2. The summed E-state index contributed by atoms with van der Waals surface area (Å²) in [5, 5.41) is 3.53. The third-order valence-electron chi connectivity index (χ3n) is 3.81. The van der Waals surface area contributed by atoms with Crippen molar-refractivity contribution in [2.45, 2.75) is 63.5 Å². The normalized spacial score (nSPS) is 21.6. The van der Waals surface area contributed by atoms with Crippen molar-refractivity contribution in [1.82, 2.24) is 5.32 Å². The zero-order valence-corrected chi connectivity index (χ0v) is 11.8. The zero-order valence-electron chi connectivity index (χ0n) is 11.8. The molecule has 0 amide bonds. The molecular weight excluding hydrogens is 246 g/mol. The number of rotatable bonds is 8. The molecule has 2 saturated carbocycles. The van der Waals surface area contributed by atoms with E-state index in [0.717, 1.165) is 25.7 Å². The Hall–Kier alpha value is -1.10. The molecule has 0 radical (unpaired) electrons. The summed E-state index contributed by atoms with van der Waals surface area (Å²) >= 11 is 0. The summed E-state index contributed by atoms with van der Waals surface area (Å²) in [5.74, 6) is -0.307. The highest BCUT2D eigenvalue weighted by Gasteiger charge is 2.55. The van der Waals surface area contributed by atoms with Crippen molar-refractivity contribution in [3.8, 4) is 0 Å². The summed E-state index contributed by atoms with van der Waals surface area (Å²) in [6.07, 6.45) is 4.75. The van der Waals surface area contributed by atoms with E-state index >= 15 is 0 Å². The van der Waals surface area contributed by atoms with Gasteiger partial charge in [-0.1, -0.05) is 0 Å². The number of hydrogen-bond acceptors (Lipinski definition) is 5. The van der Waals surface area contributed by atoms with Crippen molar-refractivity contribution in [3.05, 3.63) is 0 Å². The number of ether oxygens (including phenoxy) is 2. The summed E-state index contributed by atoms with van der Waals surface area (Å²) in [4.78, 5) is 23.2. The second-order valence-corrected chi connectivity index (χ2v) is 5.65. The van der Waals surface area contributed by atoms with Crippen molar-refractivity contribution in [2.24, 2.45) is 0 Å². The van der Waals surface area contributed by atoms with Crippen molar-refractivity contribution >= 4 is 11.9 Å². The zero-order chi connectivity index (χ0) is 13.9. The van der Waals surface area contributed by atoms with Crippen LogP contribution in [0.3, 0.4) is 0 Å². The molecule has 108 valence electrons. The SMILES string of the molecule is CCOC(=O)CC1(NC2(CC(=O)OCC)CC2)CC1. The molecule has 0 aromatic carbocycles. The average Bonchev–Trinajstić information content (AvgIpc) is 3.21. The van der Waals surface area contributed by atoms with Gasteiger partial charge in [-0.2, -0.15) is 0 Å². The number of carbonyl (C=O) groups excluding carboxylic acids is 2. The molecule has 2 aliphatic rings. The summed E-state index contributed by atoms with van der Waals surface area (Å²) in [5.41, 5.74) is -0.259. The van der Waals surface area contributed by atoms with Gasteiger partial charge in [-0.05, 0) is 39.5 Å². The van der Waals surface area contributed by atoms with E-state index in [4.69, 9.17) is 9.47 Å². The Morgan fingerprint density at radius 1 is 0.895 bits per heavy atom. The number of nitrogens with one attached hydrogen (secondary N) is 1. The molecule has 19 heavy (non-hydrogen) atoms. The average molecular weight is 269 g/mol. The van der Waals surface area contributed by atoms with Crippen molar-refractivity contribution in [2.75, 3.05) is 13.2 Å². The summed E-state index contributed by atoms with van der Waals surface area (Å²) in [6.45, 7) is 4.47. The van der Waals surface area contributed by atoms with Crippen molar-refractivity contribution in [3.63, 3.8) is 0 Å². The Morgan fingerprint density at radius 3 is 1.53 bits per heavy atom. The summed E-state index contributed by atoms with van der Waals surface area (Å²) in [6, 6.07) is 0. The first kappa shape index (κ1) is 14.3. The molecule has 0 saturated heterocycles. The molecule has 5 heteroatoms. The summed E-state index contributed by atoms with van der Waals surface area (Å²) < 4.78 is 10.0. The highest BCUT2D eigenvalue weighted by atomic mass is 16.5. The van der Waals surface area contributed by atoms with Gasteiger partial charge >= 0.3 is 11.9 Å². The van der Waals surface area contributed by atoms with Gasteiger partial charge in [0.2, 0.25) is 0 Å². The van der Waals surface area contributed by atoms with Gasteiger partial charge in [0.05, 0.1) is 26.1 Å². The van der Waals surface area contributed by atoms with E-state index < -0.39 is 0 Å². The molecule has 0 aromatic heterocycles. The van der Waals surface area contributed by atoms with Crippen LogP contribution >= 0.6 is 0 Å². The minimum absolute atomic E-state index is 0.130. The third kappa shape index (κ3) is 3.93. The lowest BCUT2D eigenvalue weighted by atomic mass is 10.1. The van der Waals surface area contributed by atoms with Crippen LogP contribution in [0.4, 0.5) is 0 Å². The molecule has 5 nitrogen and oxygen atoms in total. The lowest BCUT2D eigenvalue weighted by molar-refractivity contribution is -0.144. The van der Waals surface area contributed by atoms with E-state index in [0.29, 0.717) is 26.1 Å². The van der Waals surface area contributed by atoms with Gasteiger partial charge in [0.1, 0.15) is 0 Å². The minimum Gasteiger partial charge on any atom is -0.466 e. The highest BCUT2D eigenvalue weighted by Crippen LogP contribution is 2.48. The first-order chi connectivity index (χ1) is 9.03. The molecular formula is C14H23NO4. The van der Waals surface area contributed by atoms with Gasteiger partial charge < -0.3 is 14.8 Å². The molecule has 2 aliphatic carbocycles. The monoisotopic (exact) mass is 269 g/mol. The molecule has 2 fully saturated rings. The van der Waals surface area contributed by atoms with Crippen molar-refractivity contribution < 1.29 is 19.1 Å². The molecule has 0 aromatic rings. The molecule has 0 spiro atoms. The van der Waals surface area contributed by atoms with Gasteiger partial charge in [-0.3, -0.25) is 9.59 Å². The maximum absolute atomic E-state index is 11.6. The van der Waals surface area contributed by atoms with Crippen LogP contribution in [-0.4, -0.2) is 36.2 Å². The fourth-order valence-electron chi connectivity index (χ4n) is 2.53. The molecule has 0 unspecified atom stereocenters. The van der Waals surface area contributed by atoms with Crippen LogP contribution < -0.4 is 5.32 Å². The minimum atomic E-state index is -0.153. The summed E-state index contributed by atoms with van der Waals surface area (Å²) in [7, 11) is 0. The smallest absolute Gasteiger partial charge is 0.307 e. The van der Waals surface area contributed by atoms with Crippen LogP contribution in [-0.2, 0) is 19.1 Å². The van der Waals surface area contributed by atoms with Gasteiger partial charge in [0.15, 0.2) is 0 Å². The largest absolute Gasteiger partial charge is 0.466 e. The number of esters is 2. The lowest BCUT2D eigenvalue weighted by Crippen LogP contribution is -2.44. The first-order valence-electron chi connectivity index (χ1n) is 7.14. The fourth-order valence-corrected chi connectivity index (χ4v) is 2.53. The maximum atomic E-state index is 11.6. The quantitative estimate of drug-likeness (QED) is 0.677. The second kappa shape index (κ2) is 5.49. The fraction of sp³-hybridized carbons (Fsp3) is 0.857. The second-order valence-electron chi connectivity index (χ2n) is 5.65. The van der Waals surface area contributed by atoms with Crippen LogP contribution in [0.1, 0.15) is 52.4 Å². The Labute approximate surface area is 114 Å². The lowest BCUT2D eigenvalue weighted by Gasteiger charge is -2.24. The topological polar surface area (TPSA) is 64.6 Å². The maximum Gasteiger partial charge on any atom is 0.307 e. The van der Waals surface area contributed by atoms with E-state index in [1.807, 2.05) is 13.8 Å². The molecule has 0 aliphatic heterocycles. The Bertz CT molecular complexity index is 324. The van der Waals surface area contributed by atoms with E-state index in [-0.39, 0.29) is 23.0 Å². The van der Waals surface area contributed by atoms with Gasteiger partial charge in [0.25, 0.3) is 0 Å². The molecule has 0 bridgehead atoms. The number of hydrogen-bond donors (Lipinski definition) is 1. The van der Waals surface area contributed by atoms with Gasteiger partial charge in [-0.25, -0.2) is 0 Å². The first-order valence-corrected chi connectivity index (χ1v) is 7.14. The van der Waals surface area contributed by atoms with Crippen LogP contribution in [0.25, 0.3) is 0 Å². The van der Waals surface area contributed by atoms with Gasteiger partial charge in [0, 0.05) is 11.1 Å². The highest BCUT2D eigenvalue weighted by molar-refractivity contribution is 5.73. The third-order valence-corrected chi connectivity index (χ3v) is 3.81. The van der Waals surface area contributed by atoms with E-state index in [1.165, 1.54) is 0 Å². The predicted molar refractivity (Wildman–Crippen MR) is 69.6 cm³/mol. The van der Waals surface area contributed by atoms with Crippen molar-refractivity contribution in [1.29, 1.82) is 0 Å². The van der Waals surface area contributed by atoms with E-state index in [1.54, 1.807) is 0 Å². The van der Waals surface area contributed by atoms with E-state index in [9.17, 15) is 9.59 Å². The predicted octanol–water partition coefficient (Wildman–Crippen LogP) is 1.55. The standard InChI is InChI=1S/C14H23NO4/c1-3-18-11(16)9-13(5-6-13)15-14(7-8-14)10-12(17)19-4-2/h15H,3-10H2,1-2H3. The molecule has 0 heterocycles. The van der Waals surface area contributed by atoms with E-state index in [2.05, 4.69) is 5.32 Å². The molecule has 0 atom stereocenters. The van der Waals surface area contributed by atoms with Crippen LogP contribution in [0.2, 0.25) is 0 Å². The Kier molecular flexibility index (Phi) is 4.13. The molecule has 1 N–H and O–H groups in total.